The highest BCUT2D eigenvalue weighted by Gasteiger charge is 2.49. The Bertz CT molecular complexity index is 732. The molecule has 1 aliphatic carbocycles. The van der Waals surface area contributed by atoms with Crippen LogP contribution in [0.1, 0.15) is 38.5 Å². The standard InChI is InChI=1S/C17H24ClNO2SSi/c1-16(2,3)23(4,5)21-11-9-17(20,10-11)14-8-12-13(22-14)6-7-15(18)19-12/h6-8,11,20H,9-10H2,1-5H3. The van der Waals surface area contributed by atoms with Crippen LogP contribution in [-0.4, -0.2) is 24.5 Å². The van der Waals surface area contributed by atoms with Gasteiger partial charge in [-0.3, -0.25) is 0 Å². The van der Waals surface area contributed by atoms with Gasteiger partial charge in [-0.25, -0.2) is 4.98 Å². The lowest BCUT2D eigenvalue weighted by Gasteiger charge is -2.48. The number of fused-ring (bicyclic) bond motifs is 1. The second-order valence-electron chi connectivity index (χ2n) is 8.07. The Morgan fingerprint density at radius 3 is 2.61 bits per heavy atom. The fraction of sp³-hybridized carbons (Fsp3) is 0.588. The molecule has 0 atom stereocenters. The first-order chi connectivity index (χ1) is 10.5. The van der Waals surface area contributed by atoms with Gasteiger partial charge in [0.25, 0.3) is 0 Å². The summed E-state index contributed by atoms with van der Waals surface area (Å²) in [5.74, 6) is 0. The molecule has 126 valence electrons. The summed E-state index contributed by atoms with van der Waals surface area (Å²) in [5.41, 5.74) is 0.0879. The fourth-order valence-electron chi connectivity index (χ4n) is 2.70. The molecule has 0 spiro atoms. The van der Waals surface area contributed by atoms with Gasteiger partial charge in [0.05, 0.1) is 16.3 Å². The molecule has 0 amide bonds. The Hall–Kier alpha value is -0.463. The SMILES string of the molecule is CC(C)(C)[Si](C)(C)OC1CC(O)(c2cc3nc(Cl)ccc3s2)C1. The molecule has 23 heavy (non-hydrogen) atoms. The van der Waals surface area contributed by atoms with Crippen LogP contribution in [0.15, 0.2) is 18.2 Å². The van der Waals surface area contributed by atoms with Crippen molar-refractivity contribution in [3.63, 3.8) is 0 Å². The molecule has 6 heteroatoms. The van der Waals surface area contributed by atoms with Crippen LogP contribution < -0.4 is 0 Å². The number of nitrogens with zero attached hydrogens (tertiary/aromatic N) is 1. The van der Waals surface area contributed by atoms with Crippen LogP contribution in [0, 0.1) is 0 Å². The smallest absolute Gasteiger partial charge is 0.192 e. The lowest BCUT2D eigenvalue weighted by Crippen LogP contribution is -2.52. The molecule has 1 saturated carbocycles. The second kappa shape index (κ2) is 5.53. The van der Waals surface area contributed by atoms with E-state index in [1.54, 1.807) is 17.4 Å². The zero-order chi connectivity index (χ0) is 17.0. The maximum Gasteiger partial charge on any atom is 0.192 e. The summed E-state index contributed by atoms with van der Waals surface area (Å²) in [4.78, 5) is 5.29. The Morgan fingerprint density at radius 1 is 1.35 bits per heavy atom. The molecule has 0 saturated heterocycles. The quantitative estimate of drug-likeness (QED) is 0.588. The summed E-state index contributed by atoms with van der Waals surface area (Å²) in [7, 11) is -1.78. The normalized spacial score (nSPS) is 25.6. The molecule has 0 aliphatic heterocycles. The number of rotatable bonds is 3. The van der Waals surface area contributed by atoms with Crippen LogP contribution >= 0.6 is 22.9 Å². The van der Waals surface area contributed by atoms with Crippen LogP contribution in [0.5, 0.6) is 0 Å². The van der Waals surface area contributed by atoms with E-state index in [9.17, 15) is 5.11 Å². The van der Waals surface area contributed by atoms with Crippen LogP contribution in [0.2, 0.25) is 23.3 Å². The number of pyridine rings is 1. The molecule has 0 aromatic carbocycles. The van der Waals surface area contributed by atoms with Crippen molar-refractivity contribution in [3.8, 4) is 0 Å². The van der Waals surface area contributed by atoms with Gasteiger partial charge in [0.15, 0.2) is 8.32 Å². The molecule has 2 heterocycles. The first-order valence-electron chi connectivity index (χ1n) is 7.97. The van der Waals surface area contributed by atoms with Gasteiger partial charge < -0.3 is 9.53 Å². The van der Waals surface area contributed by atoms with Crippen LogP contribution in [-0.2, 0) is 10.0 Å². The van der Waals surface area contributed by atoms with Crippen LogP contribution in [0.4, 0.5) is 0 Å². The lowest BCUT2D eigenvalue weighted by atomic mass is 9.76. The van der Waals surface area contributed by atoms with Crippen LogP contribution in [0.25, 0.3) is 10.2 Å². The highest BCUT2D eigenvalue weighted by Crippen LogP contribution is 2.49. The van der Waals surface area contributed by atoms with Crippen molar-refractivity contribution < 1.29 is 9.53 Å². The molecule has 1 aliphatic rings. The largest absolute Gasteiger partial charge is 0.414 e. The first-order valence-corrected chi connectivity index (χ1v) is 12.1. The highest BCUT2D eigenvalue weighted by atomic mass is 35.5. The Kier molecular flexibility index (Phi) is 4.17. The number of thiophene rings is 1. The predicted octanol–water partition coefficient (Wildman–Crippen LogP) is 5.32. The van der Waals surface area contributed by atoms with E-state index in [2.05, 4.69) is 38.8 Å². The summed E-state index contributed by atoms with van der Waals surface area (Å²) in [6.07, 6.45) is 1.49. The molecule has 2 aromatic heterocycles. The Morgan fingerprint density at radius 2 is 2.00 bits per heavy atom. The summed E-state index contributed by atoms with van der Waals surface area (Å²) in [6, 6.07) is 5.72. The summed E-state index contributed by atoms with van der Waals surface area (Å²) >= 11 is 7.54. The van der Waals surface area contributed by atoms with E-state index in [0.29, 0.717) is 18.0 Å². The minimum Gasteiger partial charge on any atom is -0.414 e. The Labute approximate surface area is 147 Å². The van der Waals surface area contributed by atoms with Crippen molar-refractivity contribution in [2.75, 3.05) is 0 Å². The van der Waals surface area contributed by atoms with Gasteiger partial charge >= 0.3 is 0 Å². The van der Waals surface area contributed by atoms with Gasteiger partial charge in [-0.2, -0.15) is 0 Å². The number of aliphatic hydroxyl groups is 1. The monoisotopic (exact) mass is 369 g/mol. The number of aromatic nitrogens is 1. The van der Waals surface area contributed by atoms with E-state index in [0.717, 1.165) is 15.1 Å². The average molecular weight is 370 g/mol. The summed E-state index contributed by atoms with van der Waals surface area (Å²) < 4.78 is 7.46. The number of hydrogen-bond donors (Lipinski definition) is 1. The highest BCUT2D eigenvalue weighted by molar-refractivity contribution is 7.19. The minimum atomic E-state index is -1.78. The first kappa shape index (κ1) is 17.4. The van der Waals surface area contributed by atoms with E-state index in [1.807, 2.05) is 12.1 Å². The van der Waals surface area contributed by atoms with E-state index in [-0.39, 0.29) is 11.1 Å². The van der Waals surface area contributed by atoms with Crippen molar-refractivity contribution in [1.29, 1.82) is 0 Å². The third kappa shape index (κ3) is 3.22. The van der Waals surface area contributed by atoms with Gasteiger partial charge in [0.1, 0.15) is 10.8 Å². The van der Waals surface area contributed by atoms with Crippen molar-refractivity contribution >= 4 is 41.5 Å². The van der Waals surface area contributed by atoms with E-state index in [1.165, 1.54) is 0 Å². The van der Waals surface area contributed by atoms with E-state index < -0.39 is 13.9 Å². The second-order valence-corrected chi connectivity index (χ2v) is 14.3. The topological polar surface area (TPSA) is 42.4 Å². The van der Waals surface area contributed by atoms with Gasteiger partial charge in [0.2, 0.25) is 0 Å². The average Bonchev–Trinajstić information content (AvgIpc) is 2.78. The maximum atomic E-state index is 10.9. The minimum absolute atomic E-state index is 0.155. The summed E-state index contributed by atoms with van der Waals surface area (Å²) in [5, 5.41) is 11.6. The van der Waals surface area contributed by atoms with Gasteiger partial charge in [-0.15, -0.1) is 11.3 Å². The number of halogens is 1. The maximum absolute atomic E-state index is 10.9. The fourth-order valence-corrected chi connectivity index (χ4v) is 5.32. The molecule has 3 nitrogen and oxygen atoms in total. The van der Waals surface area contributed by atoms with Crippen molar-refractivity contribution in [1.82, 2.24) is 4.98 Å². The molecule has 0 unspecified atom stereocenters. The molecular formula is C17H24ClNO2SSi. The third-order valence-corrected chi connectivity index (χ3v) is 11.2. The molecular weight excluding hydrogens is 346 g/mol. The van der Waals surface area contributed by atoms with E-state index in [4.69, 9.17) is 16.0 Å². The molecule has 0 bridgehead atoms. The molecule has 1 N–H and O–H groups in total. The molecule has 0 radical (unpaired) electrons. The van der Waals surface area contributed by atoms with E-state index >= 15 is 0 Å². The van der Waals surface area contributed by atoms with Crippen molar-refractivity contribution in [3.05, 3.63) is 28.2 Å². The van der Waals surface area contributed by atoms with Crippen LogP contribution in [0.3, 0.4) is 0 Å². The number of hydrogen-bond acceptors (Lipinski definition) is 4. The lowest BCUT2D eigenvalue weighted by molar-refractivity contribution is -0.111. The zero-order valence-electron chi connectivity index (χ0n) is 14.3. The summed E-state index contributed by atoms with van der Waals surface area (Å²) in [6.45, 7) is 11.2. The van der Waals surface area contributed by atoms with Gasteiger partial charge in [0, 0.05) is 17.7 Å². The zero-order valence-corrected chi connectivity index (χ0v) is 16.9. The third-order valence-electron chi connectivity index (χ3n) is 5.20. The predicted molar refractivity (Wildman–Crippen MR) is 99.8 cm³/mol. The Balaban J connectivity index is 1.73. The van der Waals surface area contributed by atoms with Crippen molar-refractivity contribution in [2.24, 2.45) is 0 Å². The van der Waals surface area contributed by atoms with Gasteiger partial charge in [-0.1, -0.05) is 32.4 Å². The molecule has 1 fully saturated rings. The molecule has 3 rings (SSSR count). The van der Waals surface area contributed by atoms with Crippen molar-refractivity contribution in [2.45, 2.75) is 63.5 Å². The van der Waals surface area contributed by atoms with Gasteiger partial charge in [-0.05, 0) is 36.3 Å². The molecule has 2 aromatic rings.